The molecule has 0 aliphatic rings. The van der Waals surface area contributed by atoms with Crippen molar-refractivity contribution in [2.75, 3.05) is 0 Å². The van der Waals surface area contributed by atoms with Gasteiger partial charge in [-0.15, -0.1) is 0 Å². The summed E-state index contributed by atoms with van der Waals surface area (Å²) in [5, 5.41) is 7.91. The van der Waals surface area contributed by atoms with E-state index in [4.69, 9.17) is 16.9 Å². The van der Waals surface area contributed by atoms with Gasteiger partial charge in [-0.05, 0) is 30.7 Å². The van der Waals surface area contributed by atoms with Gasteiger partial charge in [0, 0.05) is 0 Å². The maximum Gasteiger partial charge on any atom is 0.254 e. The molecule has 0 aliphatic carbocycles. The van der Waals surface area contributed by atoms with Gasteiger partial charge in [0.25, 0.3) is 5.24 Å². The first kappa shape index (κ1) is 8.69. The highest BCUT2D eigenvalue weighted by Gasteiger charge is 2.06. The first-order valence-electron chi connectivity index (χ1n) is 3.22. The minimum absolute atomic E-state index is 0.286. The number of aryl methyl sites for hydroxylation is 1. The first-order chi connectivity index (χ1) is 5.65. The molecule has 0 spiro atoms. The summed E-state index contributed by atoms with van der Waals surface area (Å²) in [6.07, 6.45) is 0. The van der Waals surface area contributed by atoms with Crippen LogP contribution in [0.25, 0.3) is 0 Å². The highest BCUT2D eigenvalue weighted by Crippen LogP contribution is 2.08. The van der Waals surface area contributed by atoms with Crippen LogP contribution in [-0.4, -0.2) is 10.2 Å². The van der Waals surface area contributed by atoms with Gasteiger partial charge >= 0.3 is 0 Å². The van der Waals surface area contributed by atoms with E-state index in [9.17, 15) is 4.79 Å². The van der Waals surface area contributed by atoms with E-state index < -0.39 is 5.24 Å². The van der Waals surface area contributed by atoms with Crippen molar-refractivity contribution in [3.63, 3.8) is 0 Å². The Hall–Kier alpha value is -1.40. The molecule has 0 fully saturated rings. The van der Waals surface area contributed by atoms with Gasteiger partial charge in [-0.2, -0.15) is 5.26 Å². The molecule has 4 heteroatoms. The van der Waals surface area contributed by atoms with E-state index in [-0.39, 0.29) is 5.69 Å². The van der Waals surface area contributed by atoms with Crippen LogP contribution in [-0.2, 0) is 0 Å². The van der Waals surface area contributed by atoms with Crippen molar-refractivity contribution in [1.82, 2.24) is 4.98 Å². The van der Waals surface area contributed by atoms with Crippen LogP contribution in [0.2, 0.25) is 0 Å². The second-order valence-electron chi connectivity index (χ2n) is 2.21. The number of hydrogen-bond donors (Lipinski definition) is 0. The van der Waals surface area contributed by atoms with Crippen LogP contribution >= 0.6 is 11.6 Å². The fourth-order valence-corrected chi connectivity index (χ4v) is 1.03. The molecule has 1 rings (SSSR count). The number of aromatic nitrogens is 1. The van der Waals surface area contributed by atoms with Crippen LogP contribution < -0.4 is 0 Å². The smallest absolute Gasteiger partial charge is 0.254 e. The molecular formula is C8H5ClN2O. The van der Waals surface area contributed by atoms with Crippen LogP contribution in [0.15, 0.2) is 12.1 Å². The van der Waals surface area contributed by atoms with Crippen LogP contribution in [0, 0.1) is 18.3 Å². The number of nitrogens with zero attached hydrogens (tertiary/aromatic N) is 2. The molecule has 0 unspecified atom stereocenters. The number of carbonyl (C=O) groups excluding carboxylic acids is 1. The molecule has 0 atom stereocenters. The Balaban J connectivity index is 3.23. The third-order valence-corrected chi connectivity index (χ3v) is 1.62. The number of carbonyl (C=O) groups is 1. The van der Waals surface area contributed by atoms with Gasteiger partial charge in [-0.3, -0.25) is 4.79 Å². The summed E-state index contributed by atoms with van der Waals surface area (Å²) in [7, 11) is 0. The van der Waals surface area contributed by atoms with Crippen LogP contribution in [0.4, 0.5) is 0 Å². The molecule has 1 heterocycles. The predicted molar refractivity (Wildman–Crippen MR) is 43.9 cm³/mol. The van der Waals surface area contributed by atoms with E-state index in [0.717, 1.165) is 0 Å². The molecule has 0 N–H and O–H groups in total. The number of halogens is 1. The number of rotatable bonds is 1. The van der Waals surface area contributed by atoms with Crippen molar-refractivity contribution in [2.24, 2.45) is 0 Å². The van der Waals surface area contributed by atoms with Gasteiger partial charge in [-0.1, -0.05) is 0 Å². The van der Waals surface area contributed by atoms with E-state index >= 15 is 0 Å². The zero-order valence-corrected chi connectivity index (χ0v) is 7.09. The second-order valence-corrected chi connectivity index (χ2v) is 2.56. The minimum atomic E-state index is -0.551. The average molecular weight is 181 g/mol. The van der Waals surface area contributed by atoms with Crippen LogP contribution in [0.5, 0.6) is 0 Å². The molecule has 0 saturated heterocycles. The summed E-state index contributed by atoms with van der Waals surface area (Å²) in [6, 6.07) is 4.83. The minimum Gasteiger partial charge on any atom is -0.276 e. The molecule has 0 saturated carbocycles. The molecule has 60 valence electrons. The predicted octanol–water partition coefficient (Wildman–Crippen LogP) is 1.64. The summed E-state index contributed by atoms with van der Waals surface area (Å²) < 4.78 is 0. The lowest BCUT2D eigenvalue weighted by atomic mass is 10.2. The van der Waals surface area contributed by atoms with E-state index in [0.29, 0.717) is 11.3 Å². The Morgan fingerprint density at radius 2 is 2.33 bits per heavy atom. The molecule has 1 aromatic heterocycles. The molecule has 0 amide bonds. The fraction of sp³-hybridized carbons (Fsp3) is 0.125. The third-order valence-electron chi connectivity index (χ3n) is 1.41. The molecule has 0 bridgehead atoms. The van der Waals surface area contributed by atoms with E-state index in [1.807, 2.05) is 6.07 Å². The monoisotopic (exact) mass is 180 g/mol. The van der Waals surface area contributed by atoms with Gasteiger partial charge in [0.1, 0.15) is 11.8 Å². The summed E-state index contributed by atoms with van der Waals surface area (Å²) in [6.45, 7) is 1.64. The Morgan fingerprint density at radius 3 is 2.75 bits per heavy atom. The molecule has 0 radical (unpaired) electrons. The topological polar surface area (TPSA) is 53.8 Å². The van der Waals surface area contributed by atoms with E-state index in [1.54, 1.807) is 6.92 Å². The molecule has 0 aliphatic heterocycles. The first-order valence-corrected chi connectivity index (χ1v) is 3.60. The molecule has 1 aromatic rings. The van der Waals surface area contributed by atoms with Crippen molar-refractivity contribution >= 4 is 16.8 Å². The molecular weight excluding hydrogens is 176 g/mol. The van der Waals surface area contributed by atoms with Crippen LogP contribution in [0.1, 0.15) is 21.7 Å². The van der Waals surface area contributed by atoms with Gasteiger partial charge in [-0.25, -0.2) is 4.98 Å². The van der Waals surface area contributed by atoms with Gasteiger partial charge in [0.2, 0.25) is 0 Å². The lowest BCUT2D eigenvalue weighted by Crippen LogP contribution is -1.97. The fourth-order valence-electron chi connectivity index (χ4n) is 0.831. The summed E-state index contributed by atoms with van der Waals surface area (Å²) >= 11 is 5.24. The third kappa shape index (κ3) is 1.60. The Morgan fingerprint density at radius 1 is 1.67 bits per heavy atom. The van der Waals surface area contributed by atoms with Crippen molar-refractivity contribution in [2.45, 2.75) is 6.92 Å². The highest BCUT2D eigenvalue weighted by atomic mass is 35.5. The maximum absolute atomic E-state index is 10.7. The normalized spacial score (nSPS) is 9.08. The summed E-state index contributed by atoms with van der Waals surface area (Å²) in [5.74, 6) is 0. The lowest BCUT2D eigenvalue weighted by molar-refractivity contribution is 0.108. The standard InChI is InChI=1S/C8H5ClN2O/c1-5-7(8(9)12)3-2-6(4-10)11-5/h2-3H,1H3. The molecule has 0 aromatic carbocycles. The molecule has 12 heavy (non-hydrogen) atoms. The Labute approximate surface area is 74.6 Å². The Bertz CT molecular complexity index is 368. The lowest BCUT2D eigenvalue weighted by Gasteiger charge is -1.97. The van der Waals surface area contributed by atoms with Crippen molar-refractivity contribution in [3.05, 3.63) is 29.1 Å². The van der Waals surface area contributed by atoms with E-state index in [1.165, 1.54) is 12.1 Å². The highest BCUT2D eigenvalue weighted by molar-refractivity contribution is 6.67. The van der Waals surface area contributed by atoms with Gasteiger partial charge in [0.05, 0.1) is 11.3 Å². The quantitative estimate of drug-likeness (QED) is 0.618. The Kier molecular flexibility index (Phi) is 2.41. The zero-order chi connectivity index (χ0) is 9.14. The second kappa shape index (κ2) is 3.33. The summed E-state index contributed by atoms with van der Waals surface area (Å²) in [5.41, 5.74) is 1.11. The van der Waals surface area contributed by atoms with Crippen molar-refractivity contribution in [1.29, 1.82) is 5.26 Å². The van der Waals surface area contributed by atoms with Gasteiger partial charge in [0.15, 0.2) is 0 Å². The average Bonchev–Trinajstić information content (AvgIpc) is 2.03. The zero-order valence-electron chi connectivity index (χ0n) is 6.34. The SMILES string of the molecule is Cc1nc(C#N)ccc1C(=O)Cl. The number of hydrogen-bond acceptors (Lipinski definition) is 3. The summed E-state index contributed by atoms with van der Waals surface area (Å²) in [4.78, 5) is 14.6. The van der Waals surface area contributed by atoms with Crippen molar-refractivity contribution < 1.29 is 4.79 Å². The number of pyridine rings is 1. The number of nitriles is 1. The van der Waals surface area contributed by atoms with Crippen molar-refractivity contribution in [3.8, 4) is 6.07 Å². The van der Waals surface area contributed by atoms with Gasteiger partial charge < -0.3 is 0 Å². The van der Waals surface area contributed by atoms with E-state index in [2.05, 4.69) is 4.98 Å². The molecule has 3 nitrogen and oxygen atoms in total. The van der Waals surface area contributed by atoms with Crippen LogP contribution in [0.3, 0.4) is 0 Å². The largest absolute Gasteiger partial charge is 0.276 e. The maximum atomic E-state index is 10.7.